The summed E-state index contributed by atoms with van der Waals surface area (Å²) in [4.78, 5) is 20.7. The number of aromatic nitrogens is 4. The topological polar surface area (TPSA) is 51.6 Å². The SMILES string of the molecule is Brc1ccc(-c2nc3ccc(Cc4ccc5nc(-c6ccc(Br)cc6)c(-c6ccc(Br)cc6)nc5c4)cc3nc2-c2ccc(Br)cc2)cc1. The molecular weight excluding hydrogens is 868 g/mol. The predicted molar refractivity (Wildman–Crippen MR) is 214 cm³/mol. The fourth-order valence-electron chi connectivity index (χ4n) is 5.89. The molecule has 6 aromatic carbocycles. The Labute approximate surface area is 317 Å². The highest BCUT2D eigenvalue weighted by atomic mass is 79.9. The average molecular weight is 892 g/mol. The van der Waals surface area contributed by atoms with Crippen molar-refractivity contribution in [1.82, 2.24) is 19.9 Å². The number of halogens is 4. The van der Waals surface area contributed by atoms with Crippen molar-refractivity contribution in [2.45, 2.75) is 6.42 Å². The molecule has 0 saturated carbocycles. The van der Waals surface area contributed by atoms with Gasteiger partial charge in [0.25, 0.3) is 0 Å². The molecule has 0 atom stereocenters. The van der Waals surface area contributed by atoms with E-state index in [-0.39, 0.29) is 0 Å². The lowest BCUT2D eigenvalue weighted by Gasteiger charge is -2.13. The first-order chi connectivity index (χ1) is 23.9. The fourth-order valence-corrected chi connectivity index (χ4v) is 6.95. The van der Waals surface area contributed by atoms with Crippen LogP contribution in [-0.4, -0.2) is 19.9 Å². The van der Waals surface area contributed by atoms with E-state index in [1.807, 2.05) is 48.5 Å². The summed E-state index contributed by atoms with van der Waals surface area (Å²) in [6.07, 6.45) is 0.722. The van der Waals surface area contributed by atoms with Crippen LogP contribution in [0, 0.1) is 0 Å². The lowest BCUT2D eigenvalue weighted by atomic mass is 10.0. The van der Waals surface area contributed by atoms with Gasteiger partial charge in [0.2, 0.25) is 0 Å². The van der Waals surface area contributed by atoms with E-state index < -0.39 is 0 Å². The summed E-state index contributed by atoms with van der Waals surface area (Å²) in [6.45, 7) is 0. The Balaban J connectivity index is 1.19. The van der Waals surface area contributed by atoms with Gasteiger partial charge in [-0.3, -0.25) is 0 Å². The molecule has 0 unspecified atom stereocenters. The second-order valence-corrected chi connectivity index (χ2v) is 15.4. The highest BCUT2D eigenvalue weighted by Crippen LogP contribution is 2.35. The third kappa shape index (κ3) is 6.88. The summed E-state index contributed by atoms with van der Waals surface area (Å²) in [5, 5.41) is 0. The van der Waals surface area contributed by atoms with Crippen molar-refractivity contribution in [2.75, 3.05) is 0 Å². The highest BCUT2D eigenvalue weighted by molar-refractivity contribution is 9.11. The van der Waals surface area contributed by atoms with Gasteiger partial charge in [0.15, 0.2) is 0 Å². The van der Waals surface area contributed by atoms with Crippen molar-refractivity contribution in [3.05, 3.63) is 162 Å². The van der Waals surface area contributed by atoms with Crippen LogP contribution in [0.3, 0.4) is 0 Å². The van der Waals surface area contributed by atoms with Crippen molar-refractivity contribution in [3.63, 3.8) is 0 Å². The molecule has 49 heavy (non-hydrogen) atoms. The Kier molecular flexibility index (Phi) is 8.97. The summed E-state index contributed by atoms with van der Waals surface area (Å²) in [5.41, 5.74) is 13.2. The van der Waals surface area contributed by atoms with Crippen molar-refractivity contribution in [2.24, 2.45) is 0 Å². The molecule has 0 fully saturated rings. The Hall–Kier alpha value is -4.08. The normalized spacial score (nSPS) is 11.3. The Morgan fingerprint density at radius 3 is 0.857 bits per heavy atom. The van der Waals surface area contributed by atoms with Crippen LogP contribution in [-0.2, 0) is 6.42 Å². The third-order valence-corrected chi connectivity index (χ3v) is 10.5. The molecule has 8 aromatic rings. The maximum absolute atomic E-state index is 5.20. The molecule has 0 saturated heterocycles. The van der Waals surface area contributed by atoms with Gasteiger partial charge in [-0.1, -0.05) is 124 Å². The van der Waals surface area contributed by atoms with Crippen molar-refractivity contribution in [3.8, 4) is 45.0 Å². The summed E-state index contributed by atoms with van der Waals surface area (Å²) in [6, 6.07) is 45.6. The first-order valence-electron chi connectivity index (χ1n) is 15.5. The number of fused-ring (bicyclic) bond motifs is 2. The van der Waals surface area contributed by atoms with Crippen LogP contribution < -0.4 is 0 Å². The minimum absolute atomic E-state index is 0.722. The molecular formula is C41H24Br4N4. The van der Waals surface area contributed by atoms with Crippen molar-refractivity contribution in [1.29, 1.82) is 0 Å². The van der Waals surface area contributed by atoms with Crippen LogP contribution in [0.15, 0.2) is 151 Å². The van der Waals surface area contributed by atoms with Gasteiger partial charge >= 0.3 is 0 Å². The average Bonchev–Trinajstić information content (AvgIpc) is 3.12. The summed E-state index contributed by atoms with van der Waals surface area (Å²) < 4.78 is 4.08. The number of hydrogen-bond acceptors (Lipinski definition) is 4. The van der Waals surface area contributed by atoms with Gasteiger partial charge < -0.3 is 0 Å². The Morgan fingerprint density at radius 1 is 0.306 bits per heavy atom. The van der Waals surface area contributed by atoms with Gasteiger partial charge in [-0.15, -0.1) is 0 Å². The molecule has 0 aliphatic carbocycles. The summed E-state index contributed by atoms with van der Waals surface area (Å²) >= 11 is 14.2. The monoisotopic (exact) mass is 888 g/mol. The zero-order chi connectivity index (χ0) is 33.5. The minimum atomic E-state index is 0.722. The maximum Gasteiger partial charge on any atom is 0.0973 e. The van der Waals surface area contributed by atoms with E-state index in [9.17, 15) is 0 Å². The first-order valence-corrected chi connectivity index (χ1v) is 18.7. The molecule has 2 aromatic heterocycles. The molecule has 236 valence electrons. The number of nitrogens with zero attached hydrogens (tertiary/aromatic N) is 4. The number of rotatable bonds is 6. The molecule has 0 amide bonds. The van der Waals surface area contributed by atoms with Gasteiger partial charge in [-0.25, -0.2) is 19.9 Å². The molecule has 0 bridgehead atoms. The van der Waals surface area contributed by atoms with E-state index in [1.165, 1.54) is 0 Å². The van der Waals surface area contributed by atoms with E-state index >= 15 is 0 Å². The zero-order valence-corrected chi connectivity index (χ0v) is 32.1. The lowest BCUT2D eigenvalue weighted by molar-refractivity contribution is 1.18. The van der Waals surface area contributed by atoms with E-state index in [0.717, 1.165) is 103 Å². The maximum atomic E-state index is 5.20. The van der Waals surface area contributed by atoms with Gasteiger partial charge in [-0.05, 0) is 90.3 Å². The molecule has 8 heteroatoms. The molecule has 2 heterocycles. The second-order valence-electron chi connectivity index (χ2n) is 11.7. The quantitative estimate of drug-likeness (QED) is 0.167. The molecule has 0 N–H and O–H groups in total. The number of hydrogen-bond donors (Lipinski definition) is 0. The van der Waals surface area contributed by atoms with Gasteiger partial charge in [0, 0.05) is 40.1 Å². The van der Waals surface area contributed by atoms with E-state index in [2.05, 4.69) is 149 Å². The standard InChI is InChI=1S/C41H24Br4N4/c42-30-11-3-26(4-12-30)38-40(28-7-15-32(44)16-8-28)48-36-22-24(1-19-34(36)46-38)21-25-2-20-35-37(23-25)49-41(29-9-17-33(45)18-10-29)39(47-35)27-5-13-31(43)14-6-27/h1-20,22-23H,21H2. The summed E-state index contributed by atoms with van der Waals surface area (Å²) in [7, 11) is 0. The van der Waals surface area contributed by atoms with Crippen LogP contribution in [0.5, 0.6) is 0 Å². The van der Waals surface area contributed by atoms with Gasteiger partial charge in [-0.2, -0.15) is 0 Å². The van der Waals surface area contributed by atoms with Crippen LogP contribution in [0.4, 0.5) is 0 Å². The third-order valence-electron chi connectivity index (χ3n) is 8.34. The molecule has 0 aliphatic heterocycles. The first kappa shape index (κ1) is 32.1. The fraction of sp³-hybridized carbons (Fsp3) is 0.0244. The van der Waals surface area contributed by atoms with Gasteiger partial charge in [0.1, 0.15) is 0 Å². The van der Waals surface area contributed by atoms with Gasteiger partial charge in [0.05, 0.1) is 44.8 Å². The largest absolute Gasteiger partial charge is 0.244 e. The lowest BCUT2D eigenvalue weighted by Crippen LogP contribution is -1.98. The Morgan fingerprint density at radius 2 is 0.571 bits per heavy atom. The van der Waals surface area contributed by atoms with Crippen LogP contribution in [0.1, 0.15) is 11.1 Å². The van der Waals surface area contributed by atoms with Crippen LogP contribution in [0.25, 0.3) is 67.1 Å². The van der Waals surface area contributed by atoms with E-state index in [4.69, 9.17) is 19.9 Å². The number of benzene rings is 6. The molecule has 0 spiro atoms. The van der Waals surface area contributed by atoms with E-state index in [1.54, 1.807) is 0 Å². The summed E-state index contributed by atoms with van der Waals surface area (Å²) in [5.74, 6) is 0. The molecule has 0 aliphatic rings. The van der Waals surface area contributed by atoms with E-state index in [0.29, 0.717) is 0 Å². The second kappa shape index (κ2) is 13.7. The van der Waals surface area contributed by atoms with Crippen LogP contribution >= 0.6 is 63.7 Å². The smallest absolute Gasteiger partial charge is 0.0973 e. The van der Waals surface area contributed by atoms with Crippen LogP contribution in [0.2, 0.25) is 0 Å². The minimum Gasteiger partial charge on any atom is -0.244 e. The van der Waals surface area contributed by atoms with Crippen molar-refractivity contribution < 1.29 is 0 Å². The zero-order valence-electron chi connectivity index (χ0n) is 25.7. The Bertz CT molecular complexity index is 2310. The molecule has 0 radical (unpaired) electrons. The van der Waals surface area contributed by atoms with Crippen molar-refractivity contribution >= 4 is 85.8 Å². The molecule has 4 nitrogen and oxygen atoms in total. The highest BCUT2D eigenvalue weighted by Gasteiger charge is 2.16. The molecule has 8 rings (SSSR count). The predicted octanol–water partition coefficient (Wildman–Crippen LogP) is 12.9.